The van der Waals surface area contributed by atoms with E-state index >= 15 is 0 Å². The molecule has 1 aromatic carbocycles. The summed E-state index contributed by atoms with van der Waals surface area (Å²) in [5, 5.41) is 3.29. The number of rotatable bonds is 6. The lowest BCUT2D eigenvalue weighted by molar-refractivity contribution is -0.137. The van der Waals surface area contributed by atoms with Gasteiger partial charge in [-0.15, -0.1) is 0 Å². The molecule has 3 N–H and O–H groups in total. The van der Waals surface area contributed by atoms with E-state index < -0.39 is 17.6 Å². The molecule has 0 atom stereocenters. The number of anilines is 1. The number of halogens is 5. The maximum absolute atomic E-state index is 13.6. The summed E-state index contributed by atoms with van der Waals surface area (Å²) in [7, 11) is 0. The van der Waals surface area contributed by atoms with Crippen LogP contribution in [0.15, 0.2) is 60.0 Å². The standard InChI is InChI=1S/C26H29ClF4N6/c1-17(34-19-5-2-3-6-19)35-24(16-23(32)18-8-9-22(28)21(27)15-18)36-11-13-37(14-12-36)25-20(26(29,30)31)7-4-10-33-25/h4,7-10,15-16,19,34H,1-3,5-6,11-14,32H2/b23-16-,35-24+. The molecule has 0 amide bonds. The third-order valence-electron chi connectivity index (χ3n) is 6.51. The van der Waals surface area contributed by atoms with E-state index in [4.69, 9.17) is 17.3 Å². The zero-order valence-corrected chi connectivity index (χ0v) is 21.0. The van der Waals surface area contributed by atoms with Crippen molar-refractivity contribution < 1.29 is 17.6 Å². The lowest BCUT2D eigenvalue weighted by Crippen LogP contribution is -2.49. The SMILES string of the molecule is C=C(/N=C(\C=C(/N)c1ccc(F)c(Cl)c1)N1CCN(c2ncccc2C(F)(F)F)CC1)NC1CCCC1. The summed E-state index contributed by atoms with van der Waals surface area (Å²) in [5.74, 6) is 0.348. The fraction of sp³-hybridized carbons (Fsp3) is 0.385. The topological polar surface area (TPSA) is 69.8 Å². The second kappa shape index (κ2) is 11.4. The van der Waals surface area contributed by atoms with Crippen molar-refractivity contribution in [2.24, 2.45) is 10.7 Å². The molecule has 0 unspecified atom stereocenters. The van der Waals surface area contributed by atoms with E-state index in [9.17, 15) is 17.6 Å². The van der Waals surface area contributed by atoms with Crippen LogP contribution >= 0.6 is 11.6 Å². The summed E-state index contributed by atoms with van der Waals surface area (Å²) >= 11 is 5.93. The number of amidine groups is 1. The number of nitrogens with one attached hydrogen (secondary N) is 1. The smallest absolute Gasteiger partial charge is 0.398 e. The number of nitrogens with two attached hydrogens (primary N) is 1. The maximum Gasteiger partial charge on any atom is 0.419 e. The number of aliphatic imine (C=N–C) groups is 1. The van der Waals surface area contributed by atoms with Crippen molar-refractivity contribution in [1.82, 2.24) is 15.2 Å². The van der Waals surface area contributed by atoms with E-state index in [-0.39, 0.29) is 10.8 Å². The highest BCUT2D eigenvalue weighted by Crippen LogP contribution is 2.35. The number of hydrogen-bond donors (Lipinski definition) is 2. The van der Waals surface area contributed by atoms with Gasteiger partial charge in [-0.05, 0) is 48.7 Å². The first kappa shape index (κ1) is 26.8. The number of aromatic nitrogens is 1. The van der Waals surface area contributed by atoms with Gasteiger partial charge < -0.3 is 20.9 Å². The minimum atomic E-state index is -4.50. The molecule has 4 rings (SSSR count). The van der Waals surface area contributed by atoms with Crippen LogP contribution in [0.4, 0.5) is 23.4 Å². The van der Waals surface area contributed by atoms with Gasteiger partial charge in [-0.2, -0.15) is 13.2 Å². The van der Waals surface area contributed by atoms with E-state index in [0.29, 0.717) is 55.1 Å². The molecular formula is C26H29ClF4N6. The van der Waals surface area contributed by atoms with Gasteiger partial charge in [0.05, 0.1) is 10.6 Å². The molecule has 1 saturated carbocycles. The van der Waals surface area contributed by atoms with Crippen LogP contribution < -0.4 is 16.0 Å². The predicted molar refractivity (Wildman–Crippen MR) is 139 cm³/mol. The first-order valence-corrected chi connectivity index (χ1v) is 12.5. The van der Waals surface area contributed by atoms with Gasteiger partial charge in [0.1, 0.15) is 23.3 Å². The average molecular weight is 537 g/mol. The van der Waals surface area contributed by atoms with Crippen molar-refractivity contribution in [3.05, 3.63) is 77.0 Å². The van der Waals surface area contributed by atoms with Crippen LogP contribution in [0.1, 0.15) is 36.8 Å². The highest BCUT2D eigenvalue weighted by atomic mass is 35.5. The lowest BCUT2D eigenvalue weighted by Gasteiger charge is -2.37. The van der Waals surface area contributed by atoms with E-state index in [0.717, 1.165) is 31.7 Å². The summed E-state index contributed by atoms with van der Waals surface area (Å²) in [4.78, 5) is 12.2. The Morgan fingerprint density at radius 3 is 2.51 bits per heavy atom. The van der Waals surface area contributed by atoms with Crippen LogP contribution in [-0.2, 0) is 6.18 Å². The largest absolute Gasteiger partial charge is 0.419 e. The molecular weight excluding hydrogens is 508 g/mol. The molecule has 1 aliphatic carbocycles. The van der Waals surface area contributed by atoms with Gasteiger partial charge in [-0.1, -0.05) is 31.0 Å². The van der Waals surface area contributed by atoms with Crippen molar-refractivity contribution in [2.45, 2.75) is 37.9 Å². The van der Waals surface area contributed by atoms with Gasteiger partial charge in [0.2, 0.25) is 0 Å². The highest BCUT2D eigenvalue weighted by molar-refractivity contribution is 6.30. The summed E-state index contributed by atoms with van der Waals surface area (Å²) in [6.07, 6.45) is 2.90. The second-order valence-electron chi connectivity index (χ2n) is 9.12. The second-order valence-corrected chi connectivity index (χ2v) is 9.52. The minimum Gasteiger partial charge on any atom is -0.398 e. The van der Waals surface area contributed by atoms with E-state index in [2.05, 4.69) is 21.9 Å². The van der Waals surface area contributed by atoms with Crippen molar-refractivity contribution in [3.8, 4) is 0 Å². The summed E-state index contributed by atoms with van der Waals surface area (Å²) in [6, 6.07) is 6.82. The number of alkyl halides is 3. The molecule has 2 aliphatic rings. The van der Waals surface area contributed by atoms with Gasteiger partial charge in [-0.25, -0.2) is 14.4 Å². The molecule has 0 bridgehead atoms. The third kappa shape index (κ3) is 6.74. The van der Waals surface area contributed by atoms with Crippen LogP contribution in [0.2, 0.25) is 5.02 Å². The monoisotopic (exact) mass is 536 g/mol. The Morgan fingerprint density at radius 1 is 1.16 bits per heavy atom. The van der Waals surface area contributed by atoms with Gasteiger partial charge >= 0.3 is 6.18 Å². The van der Waals surface area contributed by atoms with E-state index in [1.54, 1.807) is 11.0 Å². The quantitative estimate of drug-likeness (QED) is 0.293. The lowest BCUT2D eigenvalue weighted by atomic mass is 10.1. The molecule has 0 spiro atoms. The fourth-order valence-electron chi connectivity index (χ4n) is 4.59. The zero-order valence-electron chi connectivity index (χ0n) is 20.2. The third-order valence-corrected chi connectivity index (χ3v) is 6.80. The molecule has 0 radical (unpaired) electrons. The van der Waals surface area contributed by atoms with Gasteiger partial charge in [-0.3, -0.25) is 0 Å². The van der Waals surface area contributed by atoms with E-state index in [1.807, 2.05) is 4.90 Å². The predicted octanol–water partition coefficient (Wildman–Crippen LogP) is 5.42. The Labute approximate surface area is 218 Å². The molecule has 198 valence electrons. The molecule has 6 nitrogen and oxygen atoms in total. The molecule has 2 heterocycles. The Hall–Kier alpha value is -3.27. The van der Waals surface area contributed by atoms with Crippen LogP contribution in [0.25, 0.3) is 5.70 Å². The summed E-state index contributed by atoms with van der Waals surface area (Å²) in [6.45, 7) is 5.43. The molecule has 2 aromatic rings. The van der Waals surface area contributed by atoms with Crippen LogP contribution in [0.5, 0.6) is 0 Å². The fourth-order valence-corrected chi connectivity index (χ4v) is 4.77. The number of hydrogen-bond acceptors (Lipinski definition) is 5. The van der Waals surface area contributed by atoms with Gasteiger partial charge in [0.25, 0.3) is 0 Å². The number of nitrogens with zero attached hydrogens (tertiary/aromatic N) is 4. The Bertz CT molecular complexity index is 1180. The average Bonchev–Trinajstić information content (AvgIpc) is 3.37. The van der Waals surface area contributed by atoms with Crippen molar-refractivity contribution in [1.29, 1.82) is 0 Å². The maximum atomic E-state index is 13.6. The number of pyridine rings is 1. The molecule has 1 aromatic heterocycles. The Kier molecular flexibility index (Phi) is 8.26. The Balaban J connectivity index is 1.56. The van der Waals surface area contributed by atoms with E-state index in [1.165, 1.54) is 30.5 Å². The summed E-state index contributed by atoms with van der Waals surface area (Å²) in [5.41, 5.74) is 6.41. The molecule has 1 saturated heterocycles. The Morgan fingerprint density at radius 2 is 1.86 bits per heavy atom. The number of benzene rings is 1. The van der Waals surface area contributed by atoms with Gasteiger partial charge in [0, 0.05) is 50.2 Å². The highest BCUT2D eigenvalue weighted by Gasteiger charge is 2.36. The van der Waals surface area contributed by atoms with Crippen LogP contribution in [0.3, 0.4) is 0 Å². The molecule has 1 aliphatic heterocycles. The summed E-state index contributed by atoms with van der Waals surface area (Å²) < 4.78 is 54.2. The number of piperazine rings is 1. The first-order valence-electron chi connectivity index (χ1n) is 12.1. The van der Waals surface area contributed by atoms with Crippen molar-refractivity contribution in [2.75, 3.05) is 31.1 Å². The molecule has 11 heteroatoms. The van der Waals surface area contributed by atoms with Crippen molar-refractivity contribution >= 4 is 29.0 Å². The van der Waals surface area contributed by atoms with Crippen LogP contribution in [-0.4, -0.2) is 47.9 Å². The first-order chi connectivity index (χ1) is 17.6. The molecule has 37 heavy (non-hydrogen) atoms. The zero-order chi connectivity index (χ0) is 26.6. The minimum absolute atomic E-state index is 0.0518. The molecule has 2 fully saturated rings. The van der Waals surface area contributed by atoms with Crippen LogP contribution in [0, 0.1) is 5.82 Å². The van der Waals surface area contributed by atoms with Crippen molar-refractivity contribution in [3.63, 3.8) is 0 Å². The normalized spacial score (nSPS) is 17.9. The van der Waals surface area contributed by atoms with Gasteiger partial charge in [0.15, 0.2) is 0 Å².